The van der Waals surface area contributed by atoms with Crippen molar-refractivity contribution in [3.05, 3.63) is 12.7 Å². The number of amides is 1. The summed E-state index contributed by atoms with van der Waals surface area (Å²) in [6.45, 7) is 7.12. The number of nitrogens with one attached hydrogen (secondary N) is 1. The zero-order valence-electron chi connectivity index (χ0n) is 10.9. The van der Waals surface area contributed by atoms with E-state index >= 15 is 0 Å². The Bertz CT molecular complexity index is 313. The standard InChI is InChI=1S/C13H21NO4/c1-3-8-16-11(15)14-12(2)4-6-13(7-5-12)17-9-10-18-13/h3H,1,4-10H2,2H3,(H,14,15). The van der Waals surface area contributed by atoms with Crippen LogP contribution in [-0.2, 0) is 14.2 Å². The Morgan fingerprint density at radius 3 is 2.50 bits per heavy atom. The van der Waals surface area contributed by atoms with E-state index in [9.17, 15) is 4.79 Å². The van der Waals surface area contributed by atoms with Gasteiger partial charge in [-0.3, -0.25) is 0 Å². The summed E-state index contributed by atoms with van der Waals surface area (Å²) in [6, 6.07) is 0. The minimum Gasteiger partial charge on any atom is -0.445 e. The van der Waals surface area contributed by atoms with E-state index in [0.717, 1.165) is 25.7 Å². The molecular weight excluding hydrogens is 234 g/mol. The van der Waals surface area contributed by atoms with Gasteiger partial charge in [0.2, 0.25) is 0 Å². The van der Waals surface area contributed by atoms with Crippen molar-refractivity contribution in [3.8, 4) is 0 Å². The Morgan fingerprint density at radius 1 is 1.33 bits per heavy atom. The summed E-state index contributed by atoms with van der Waals surface area (Å²) in [5, 5.41) is 2.92. The van der Waals surface area contributed by atoms with E-state index in [4.69, 9.17) is 14.2 Å². The predicted octanol–water partition coefficient (Wildman–Crippen LogP) is 1.97. The summed E-state index contributed by atoms with van der Waals surface area (Å²) < 4.78 is 16.3. The summed E-state index contributed by atoms with van der Waals surface area (Å²) in [5.41, 5.74) is -0.237. The van der Waals surface area contributed by atoms with E-state index in [1.54, 1.807) is 6.08 Å². The van der Waals surface area contributed by atoms with Crippen molar-refractivity contribution in [3.63, 3.8) is 0 Å². The molecular formula is C13H21NO4. The molecule has 0 unspecified atom stereocenters. The minimum atomic E-state index is -0.397. The molecule has 2 fully saturated rings. The fourth-order valence-corrected chi connectivity index (χ4v) is 2.51. The molecule has 1 spiro atoms. The average Bonchev–Trinajstić information content (AvgIpc) is 2.80. The van der Waals surface area contributed by atoms with Gasteiger partial charge in [-0.05, 0) is 19.8 Å². The Hall–Kier alpha value is -1.07. The van der Waals surface area contributed by atoms with Gasteiger partial charge >= 0.3 is 6.09 Å². The first kappa shape index (κ1) is 13.4. The molecule has 0 bridgehead atoms. The monoisotopic (exact) mass is 255 g/mol. The fraction of sp³-hybridized carbons (Fsp3) is 0.769. The lowest BCUT2D eigenvalue weighted by Crippen LogP contribution is -2.52. The number of rotatable bonds is 3. The van der Waals surface area contributed by atoms with Gasteiger partial charge in [-0.15, -0.1) is 0 Å². The molecule has 1 saturated heterocycles. The van der Waals surface area contributed by atoms with Gasteiger partial charge in [0.05, 0.1) is 13.2 Å². The molecule has 1 heterocycles. The fourth-order valence-electron chi connectivity index (χ4n) is 2.51. The Balaban J connectivity index is 1.82. The van der Waals surface area contributed by atoms with Gasteiger partial charge in [-0.25, -0.2) is 4.79 Å². The lowest BCUT2D eigenvalue weighted by molar-refractivity contribution is -0.184. The van der Waals surface area contributed by atoms with Crippen molar-refractivity contribution < 1.29 is 19.0 Å². The summed E-state index contributed by atoms with van der Waals surface area (Å²) in [4.78, 5) is 11.5. The van der Waals surface area contributed by atoms with Crippen LogP contribution in [0.2, 0.25) is 0 Å². The highest BCUT2D eigenvalue weighted by molar-refractivity contribution is 5.68. The smallest absolute Gasteiger partial charge is 0.407 e. The average molecular weight is 255 g/mol. The molecule has 1 N–H and O–H groups in total. The van der Waals surface area contributed by atoms with Crippen molar-refractivity contribution >= 4 is 6.09 Å². The molecule has 5 heteroatoms. The van der Waals surface area contributed by atoms with Gasteiger partial charge < -0.3 is 19.5 Å². The van der Waals surface area contributed by atoms with Crippen LogP contribution in [-0.4, -0.2) is 37.2 Å². The first-order chi connectivity index (χ1) is 8.58. The number of carbonyl (C=O) groups is 1. The van der Waals surface area contributed by atoms with Crippen LogP contribution in [0.5, 0.6) is 0 Å². The molecule has 0 atom stereocenters. The van der Waals surface area contributed by atoms with Crippen LogP contribution in [0.4, 0.5) is 4.79 Å². The van der Waals surface area contributed by atoms with Crippen molar-refractivity contribution in [2.75, 3.05) is 19.8 Å². The molecule has 2 aliphatic rings. The maximum absolute atomic E-state index is 11.5. The van der Waals surface area contributed by atoms with E-state index in [1.165, 1.54) is 0 Å². The maximum Gasteiger partial charge on any atom is 0.407 e. The minimum absolute atomic E-state index is 0.234. The summed E-state index contributed by atoms with van der Waals surface area (Å²) in [7, 11) is 0. The highest BCUT2D eigenvalue weighted by Crippen LogP contribution is 2.39. The lowest BCUT2D eigenvalue weighted by atomic mass is 9.80. The second-order valence-electron chi connectivity index (χ2n) is 5.18. The third-order valence-electron chi connectivity index (χ3n) is 3.67. The van der Waals surface area contributed by atoms with Crippen LogP contribution >= 0.6 is 0 Å². The normalized spacial score (nSPS) is 24.7. The zero-order chi connectivity index (χ0) is 13.1. The van der Waals surface area contributed by atoms with Gasteiger partial charge in [0.1, 0.15) is 6.61 Å². The third-order valence-corrected chi connectivity index (χ3v) is 3.67. The van der Waals surface area contributed by atoms with Crippen LogP contribution in [0, 0.1) is 0 Å². The van der Waals surface area contributed by atoms with Crippen LogP contribution in [0.1, 0.15) is 32.6 Å². The molecule has 1 saturated carbocycles. The van der Waals surface area contributed by atoms with Crippen LogP contribution < -0.4 is 5.32 Å². The third kappa shape index (κ3) is 3.03. The van der Waals surface area contributed by atoms with Crippen molar-refractivity contribution in [1.82, 2.24) is 5.32 Å². The molecule has 0 aromatic heterocycles. The van der Waals surface area contributed by atoms with Crippen molar-refractivity contribution in [1.29, 1.82) is 0 Å². The second kappa shape index (κ2) is 5.28. The Kier molecular flexibility index (Phi) is 3.92. The molecule has 5 nitrogen and oxygen atoms in total. The summed E-state index contributed by atoms with van der Waals surface area (Å²) in [5.74, 6) is -0.397. The van der Waals surface area contributed by atoms with Gasteiger partial charge in [0.15, 0.2) is 5.79 Å². The van der Waals surface area contributed by atoms with Crippen molar-refractivity contribution in [2.24, 2.45) is 0 Å². The summed E-state index contributed by atoms with van der Waals surface area (Å²) >= 11 is 0. The lowest BCUT2D eigenvalue weighted by Gasteiger charge is -2.41. The topological polar surface area (TPSA) is 56.8 Å². The number of carbonyl (C=O) groups excluding carboxylic acids is 1. The van der Waals surface area contributed by atoms with E-state index in [-0.39, 0.29) is 18.2 Å². The molecule has 1 aliphatic carbocycles. The molecule has 0 radical (unpaired) electrons. The van der Waals surface area contributed by atoms with Gasteiger partial charge in [0.25, 0.3) is 0 Å². The molecule has 1 amide bonds. The first-order valence-electron chi connectivity index (χ1n) is 6.41. The van der Waals surface area contributed by atoms with Crippen LogP contribution in [0.25, 0.3) is 0 Å². The molecule has 0 aromatic carbocycles. The van der Waals surface area contributed by atoms with Crippen LogP contribution in [0.15, 0.2) is 12.7 Å². The molecule has 0 aromatic rings. The quantitative estimate of drug-likeness (QED) is 0.783. The van der Waals surface area contributed by atoms with Crippen LogP contribution in [0.3, 0.4) is 0 Å². The van der Waals surface area contributed by atoms with Crippen molar-refractivity contribution in [2.45, 2.75) is 43.9 Å². The Labute approximate surface area is 107 Å². The number of ether oxygens (including phenoxy) is 3. The largest absolute Gasteiger partial charge is 0.445 e. The Morgan fingerprint density at radius 2 is 1.94 bits per heavy atom. The molecule has 1 aliphatic heterocycles. The number of alkyl carbamates (subject to hydrolysis) is 1. The first-order valence-corrected chi connectivity index (χ1v) is 6.41. The van der Waals surface area contributed by atoms with E-state index in [1.807, 2.05) is 6.92 Å². The highest BCUT2D eigenvalue weighted by Gasteiger charge is 2.45. The molecule has 2 rings (SSSR count). The highest BCUT2D eigenvalue weighted by atomic mass is 16.7. The maximum atomic E-state index is 11.5. The summed E-state index contributed by atoms with van der Waals surface area (Å²) in [6.07, 6.45) is 4.45. The van der Waals surface area contributed by atoms with Gasteiger partial charge in [0, 0.05) is 18.4 Å². The van der Waals surface area contributed by atoms with E-state index in [2.05, 4.69) is 11.9 Å². The van der Waals surface area contributed by atoms with E-state index in [0.29, 0.717) is 13.2 Å². The second-order valence-corrected chi connectivity index (χ2v) is 5.18. The number of hydrogen-bond donors (Lipinski definition) is 1. The predicted molar refractivity (Wildman–Crippen MR) is 66.2 cm³/mol. The number of hydrogen-bond acceptors (Lipinski definition) is 4. The molecule has 18 heavy (non-hydrogen) atoms. The molecule has 102 valence electrons. The van der Waals surface area contributed by atoms with E-state index < -0.39 is 5.79 Å². The SMILES string of the molecule is C=CCOC(=O)NC1(C)CCC2(CC1)OCCO2. The van der Waals surface area contributed by atoms with Gasteiger partial charge in [-0.2, -0.15) is 0 Å². The van der Waals surface area contributed by atoms with Gasteiger partial charge in [-0.1, -0.05) is 12.7 Å². The zero-order valence-corrected chi connectivity index (χ0v) is 10.9.